The van der Waals surface area contributed by atoms with Crippen LogP contribution in [0.4, 0.5) is 0 Å². The van der Waals surface area contributed by atoms with Gasteiger partial charge in [0.05, 0.1) is 19.6 Å². The second-order valence-electron chi connectivity index (χ2n) is 6.56. The molecular weight excluding hydrogens is 488 g/mol. The fourth-order valence-corrected chi connectivity index (χ4v) is 1.66. The van der Waals surface area contributed by atoms with Gasteiger partial charge in [0.25, 0.3) is 0 Å². The molecule has 0 aromatic rings. The highest BCUT2D eigenvalue weighted by Gasteiger charge is 2.07. The number of hydrogen-bond donors (Lipinski definition) is 2. The number of rotatable bonds is 14. The Bertz CT molecular complexity index is 615. The normalized spacial score (nSPS) is 9.00. The molecule has 36 heavy (non-hydrogen) atoms. The van der Waals surface area contributed by atoms with E-state index in [9.17, 15) is 19.2 Å². The summed E-state index contributed by atoms with van der Waals surface area (Å²) in [6.45, 7) is 23.3. The Balaban J connectivity index is -0.000000121. The quantitative estimate of drug-likeness (QED) is 0.109. The van der Waals surface area contributed by atoms with E-state index in [0.717, 1.165) is 31.8 Å². The van der Waals surface area contributed by atoms with Gasteiger partial charge < -0.3 is 19.7 Å². The van der Waals surface area contributed by atoms with Crippen LogP contribution in [0.5, 0.6) is 0 Å². The first-order valence-electron chi connectivity index (χ1n) is 11.5. The van der Waals surface area contributed by atoms with E-state index in [4.69, 9.17) is 26.6 Å². The second kappa shape index (κ2) is 39.1. The molecule has 1 atom stereocenters. The molecule has 0 spiro atoms. The highest BCUT2D eigenvalue weighted by atomic mass is 35.5. The van der Waals surface area contributed by atoms with E-state index in [2.05, 4.69) is 51.5 Å². The van der Waals surface area contributed by atoms with Gasteiger partial charge in [0.2, 0.25) is 0 Å². The molecular formula is C27H45ClO8. The summed E-state index contributed by atoms with van der Waals surface area (Å²) in [5, 5.41) is 15.4. The summed E-state index contributed by atoms with van der Waals surface area (Å²) in [5.74, 6) is -1.93. The van der Waals surface area contributed by atoms with Crippen molar-refractivity contribution in [3.63, 3.8) is 0 Å². The Labute approximate surface area is 222 Å². The predicted octanol–water partition coefficient (Wildman–Crippen LogP) is 6.72. The van der Waals surface area contributed by atoms with E-state index in [0.29, 0.717) is 19.1 Å². The van der Waals surface area contributed by atoms with Gasteiger partial charge in [0, 0.05) is 18.2 Å². The Kier molecular flexibility index (Phi) is 46.7. The van der Waals surface area contributed by atoms with Crippen LogP contribution in [0.2, 0.25) is 0 Å². The van der Waals surface area contributed by atoms with Crippen LogP contribution in [0, 0.1) is 5.92 Å². The van der Waals surface area contributed by atoms with Gasteiger partial charge >= 0.3 is 23.9 Å². The van der Waals surface area contributed by atoms with Crippen molar-refractivity contribution in [3.05, 3.63) is 62.7 Å². The van der Waals surface area contributed by atoms with Crippen molar-refractivity contribution in [1.29, 1.82) is 0 Å². The van der Waals surface area contributed by atoms with Crippen molar-refractivity contribution < 1.29 is 38.9 Å². The lowest BCUT2D eigenvalue weighted by atomic mass is 10.0. The largest absolute Gasteiger partial charge is 0.481 e. The van der Waals surface area contributed by atoms with E-state index in [1.807, 2.05) is 6.92 Å². The minimum Gasteiger partial charge on any atom is -0.481 e. The second-order valence-corrected chi connectivity index (χ2v) is 6.87. The van der Waals surface area contributed by atoms with Gasteiger partial charge in [-0.3, -0.25) is 4.79 Å². The van der Waals surface area contributed by atoms with Crippen LogP contribution in [0.15, 0.2) is 62.7 Å². The molecule has 2 N–H and O–H groups in total. The van der Waals surface area contributed by atoms with E-state index < -0.39 is 11.9 Å². The number of halogens is 1. The summed E-state index contributed by atoms with van der Waals surface area (Å²) in [6.07, 6.45) is 11.2. The lowest BCUT2D eigenvalue weighted by Crippen LogP contribution is -2.12. The first-order chi connectivity index (χ1) is 17.0. The molecule has 0 aliphatic carbocycles. The topological polar surface area (TPSA) is 127 Å². The summed E-state index contributed by atoms with van der Waals surface area (Å²) in [4.78, 5) is 39.9. The maximum atomic E-state index is 10.8. The standard InChI is InChI=1S/C11H20O2.C7H12O2.C4H6O2.C3H4O2.C2H3Cl/c1-4-7-8-10(5-2)9-13-11(12)6-3;1-3-5-6-9-7(8)4-2;1-2-3-4(5)6;1-2-3(4)5;1-2-3/h6,10H,3-5,7-9H2,1-2H3;4H,2-3,5-6H2,1H3;2H,1,3H2,(H,5,6);2H,1H2,(H,4,5);2H,1H2. The van der Waals surface area contributed by atoms with Crippen molar-refractivity contribution in [1.82, 2.24) is 0 Å². The lowest BCUT2D eigenvalue weighted by molar-refractivity contribution is -0.139. The van der Waals surface area contributed by atoms with Crippen LogP contribution in [-0.2, 0) is 28.7 Å². The zero-order chi connectivity index (χ0) is 29.2. The molecule has 0 aliphatic heterocycles. The highest BCUT2D eigenvalue weighted by Crippen LogP contribution is 2.12. The smallest absolute Gasteiger partial charge is 0.330 e. The summed E-state index contributed by atoms with van der Waals surface area (Å²) in [5.41, 5.74) is 1.22. The molecule has 0 fully saturated rings. The zero-order valence-corrected chi connectivity index (χ0v) is 22.8. The van der Waals surface area contributed by atoms with Gasteiger partial charge in [0.15, 0.2) is 0 Å². The zero-order valence-electron chi connectivity index (χ0n) is 22.1. The molecule has 0 radical (unpaired) electrons. The molecule has 9 heteroatoms. The summed E-state index contributed by atoms with van der Waals surface area (Å²) in [7, 11) is 0. The molecule has 0 rings (SSSR count). The average molecular weight is 533 g/mol. The fraction of sp³-hybridized carbons (Fsp3) is 0.481. The number of carbonyl (C=O) groups excluding carboxylic acids is 2. The number of esters is 2. The van der Waals surface area contributed by atoms with Gasteiger partial charge in [0.1, 0.15) is 0 Å². The van der Waals surface area contributed by atoms with Crippen LogP contribution in [-0.4, -0.2) is 47.3 Å². The first kappa shape index (κ1) is 43.0. The van der Waals surface area contributed by atoms with Gasteiger partial charge in [-0.15, -0.1) is 6.58 Å². The van der Waals surface area contributed by atoms with E-state index in [1.165, 1.54) is 36.6 Å². The molecule has 0 aliphatic rings. The van der Waals surface area contributed by atoms with Gasteiger partial charge in [-0.2, -0.15) is 0 Å². The third kappa shape index (κ3) is 57.6. The number of aliphatic carboxylic acids is 2. The van der Waals surface area contributed by atoms with Crippen LogP contribution in [0.25, 0.3) is 0 Å². The summed E-state index contributed by atoms with van der Waals surface area (Å²) < 4.78 is 9.66. The van der Waals surface area contributed by atoms with Crippen LogP contribution >= 0.6 is 11.6 Å². The fourth-order valence-electron chi connectivity index (χ4n) is 1.66. The Morgan fingerprint density at radius 2 is 1.28 bits per heavy atom. The molecule has 0 amide bonds. The number of carboxylic acids is 2. The minimum absolute atomic E-state index is 0.0556. The SMILES string of the molecule is C=CC(=O)O.C=CC(=O)OCC(CC)CCCC.C=CC(=O)OCCCC.C=CCC(=O)O.C=CCl. The van der Waals surface area contributed by atoms with Crippen LogP contribution in [0.3, 0.4) is 0 Å². The third-order valence-electron chi connectivity index (χ3n) is 3.57. The van der Waals surface area contributed by atoms with Crippen molar-refractivity contribution in [2.45, 2.75) is 65.7 Å². The maximum absolute atomic E-state index is 10.8. The molecule has 8 nitrogen and oxygen atoms in total. The maximum Gasteiger partial charge on any atom is 0.330 e. The van der Waals surface area contributed by atoms with E-state index in [-0.39, 0.29) is 18.4 Å². The van der Waals surface area contributed by atoms with Crippen molar-refractivity contribution >= 4 is 35.5 Å². The Morgan fingerprint density at radius 3 is 1.56 bits per heavy atom. The number of hydrogen-bond acceptors (Lipinski definition) is 6. The van der Waals surface area contributed by atoms with Crippen molar-refractivity contribution in [2.75, 3.05) is 13.2 Å². The minimum atomic E-state index is -0.981. The number of carbonyl (C=O) groups is 4. The predicted molar refractivity (Wildman–Crippen MR) is 147 cm³/mol. The van der Waals surface area contributed by atoms with Gasteiger partial charge in [-0.25, -0.2) is 14.4 Å². The number of ether oxygens (including phenoxy) is 2. The Morgan fingerprint density at radius 1 is 0.833 bits per heavy atom. The summed E-state index contributed by atoms with van der Waals surface area (Å²) in [6, 6.07) is 0. The van der Waals surface area contributed by atoms with E-state index >= 15 is 0 Å². The van der Waals surface area contributed by atoms with Crippen molar-refractivity contribution in [3.8, 4) is 0 Å². The van der Waals surface area contributed by atoms with Crippen molar-refractivity contribution in [2.24, 2.45) is 5.92 Å². The molecule has 0 heterocycles. The molecule has 0 aromatic carbocycles. The first-order valence-corrected chi connectivity index (χ1v) is 11.9. The number of carboxylic acid groups (broad SMARTS) is 2. The van der Waals surface area contributed by atoms with E-state index in [1.54, 1.807) is 0 Å². The average Bonchev–Trinajstić information content (AvgIpc) is 2.85. The van der Waals surface area contributed by atoms with Crippen LogP contribution < -0.4 is 0 Å². The Hall–Kier alpha value is -3.13. The monoisotopic (exact) mass is 532 g/mol. The molecule has 0 bridgehead atoms. The molecule has 0 saturated heterocycles. The highest BCUT2D eigenvalue weighted by molar-refractivity contribution is 6.25. The molecule has 208 valence electrons. The van der Waals surface area contributed by atoms with Gasteiger partial charge in [-0.05, 0) is 24.3 Å². The molecule has 1 unspecified atom stereocenters. The summed E-state index contributed by atoms with van der Waals surface area (Å²) >= 11 is 4.76. The van der Waals surface area contributed by atoms with Crippen LogP contribution in [0.1, 0.15) is 65.7 Å². The third-order valence-corrected chi connectivity index (χ3v) is 3.57. The molecule has 0 aromatic heterocycles. The van der Waals surface area contributed by atoms with Gasteiger partial charge in [-0.1, -0.05) is 90.4 Å². The lowest BCUT2D eigenvalue weighted by Gasteiger charge is -2.13. The number of unbranched alkanes of at least 4 members (excludes halogenated alkanes) is 2. The molecule has 0 saturated carbocycles.